The summed E-state index contributed by atoms with van der Waals surface area (Å²) < 4.78 is 31.2. The Kier molecular flexibility index (Phi) is 4.90. The van der Waals surface area contributed by atoms with Crippen LogP contribution in [0, 0.1) is 5.82 Å². The first kappa shape index (κ1) is 14.7. The lowest BCUT2D eigenvalue weighted by Gasteiger charge is -2.13. The number of hydrogen-bond donors (Lipinski definition) is 0. The van der Waals surface area contributed by atoms with Crippen molar-refractivity contribution in [1.82, 2.24) is 0 Å². The molecule has 2 nitrogen and oxygen atoms in total. The summed E-state index contributed by atoms with van der Waals surface area (Å²) in [6, 6.07) is 13.9. The molecule has 0 bridgehead atoms. The molecular weight excluding hydrogens is 275 g/mol. The largest absolute Gasteiger partial charge is 0.497 e. The topological polar surface area (TPSA) is 26.3 Å². The van der Waals surface area contributed by atoms with Crippen molar-refractivity contribution in [3.05, 3.63) is 65.5 Å². The predicted octanol–water partition coefficient (Wildman–Crippen LogP) is 3.84. The van der Waals surface area contributed by atoms with Crippen molar-refractivity contribution in [2.45, 2.75) is 17.9 Å². The Morgan fingerprint density at radius 1 is 1.20 bits per heavy atom. The van der Waals surface area contributed by atoms with E-state index in [0.717, 1.165) is 11.3 Å². The van der Waals surface area contributed by atoms with Crippen LogP contribution in [0.4, 0.5) is 4.39 Å². The maximum atomic E-state index is 13.7. The molecule has 0 aliphatic carbocycles. The summed E-state index contributed by atoms with van der Waals surface area (Å²) in [7, 11) is 0.412. The normalized spacial score (nSPS) is 13.8. The zero-order valence-electron chi connectivity index (χ0n) is 11.5. The molecular formula is C16H17FO2S. The second-order valence-corrected chi connectivity index (χ2v) is 6.30. The first-order valence-electron chi connectivity index (χ1n) is 6.36. The quantitative estimate of drug-likeness (QED) is 0.837. The van der Waals surface area contributed by atoms with Crippen LogP contribution < -0.4 is 4.74 Å². The molecule has 0 amide bonds. The zero-order chi connectivity index (χ0) is 14.5. The van der Waals surface area contributed by atoms with Crippen LogP contribution >= 0.6 is 0 Å². The monoisotopic (exact) mass is 292 g/mol. The molecule has 0 heterocycles. The van der Waals surface area contributed by atoms with E-state index < -0.39 is 10.8 Å². The summed E-state index contributed by atoms with van der Waals surface area (Å²) in [6.07, 6.45) is 0. The number of benzene rings is 2. The highest BCUT2D eigenvalue weighted by atomic mass is 32.2. The predicted molar refractivity (Wildman–Crippen MR) is 79.7 cm³/mol. The molecule has 2 unspecified atom stereocenters. The van der Waals surface area contributed by atoms with Gasteiger partial charge in [-0.1, -0.05) is 30.3 Å². The van der Waals surface area contributed by atoms with Gasteiger partial charge in [-0.05, 0) is 30.7 Å². The summed E-state index contributed by atoms with van der Waals surface area (Å²) in [5.74, 6) is 0.809. The molecule has 2 aromatic rings. The van der Waals surface area contributed by atoms with Crippen LogP contribution in [0.25, 0.3) is 0 Å². The fourth-order valence-electron chi connectivity index (χ4n) is 2.00. The Hall–Kier alpha value is -1.68. The average Bonchev–Trinajstić information content (AvgIpc) is 2.47. The minimum Gasteiger partial charge on any atom is -0.497 e. The molecule has 106 valence electrons. The first-order chi connectivity index (χ1) is 9.61. The van der Waals surface area contributed by atoms with E-state index in [0.29, 0.717) is 11.3 Å². The van der Waals surface area contributed by atoms with E-state index in [9.17, 15) is 8.60 Å². The molecule has 2 rings (SSSR count). The summed E-state index contributed by atoms with van der Waals surface area (Å²) in [5.41, 5.74) is 1.42. The van der Waals surface area contributed by atoms with Crippen LogP contribution in [0.3, 0.4) is 0 Å². The van der Waals surface area contributed by atoms with Crippen LogP contribution in [0.1, 0.15) is 23.3 Å². The van der Waals surface area contributed by atoms with Gasteiger partial charge in [0.15, 0.2) is 0 Å². The van der Waals surface area contributed by atoms with E-state index in [2.05, 4.69) is 0 Å². The average molecular weight is 292 g/mol. The van der Waals surface area contributed by atoms with Crippen LogP contribution in [-0.4, -0.2) is 11.3 Å². The van der Waals surface area contributed by atoms with E-state index in [1.54, 1.807) is 32.2 Å². The minimum atomic E-state index is -1.18. The highest BCUT2D eigenvalue weighted by Crippen LogP contribution is 2.25. The molecule has 0 spiro atoms. The molecule has 0 saturated carbocycles. The van der Waals surface area contributed by atoms with Gasteiger partial charge in [0.1, 0.15) is 11.6 Å². The second kappa shape index (κ2) is 6.66. The summed E-state index contributed by atoms with van der Waals surface area (Å²) in [4.78, 5) is 0. The molecule has 20 heavy (non-hydrogen) atoms. The van der Waals surface area contributed by atoms with Gasteiger partial charge < -0.3 is 4.74 Å². The van der Waals surface area contributed by atoms with Gasteiger partial charge in [-0.3, -0.25) is 4.21 Å². The minimum absolute atomic E-state index is 0.306. The summed E-state index contributed by atoms with van der Waals surface area (Å²) >= 11 is 0. The van der Waals surface area contributed by atoms with Crippen LogP contribution in [-0.2, 0) is 16.6 Å². The van der Waals surface area contributed by atoms with Gasteiger partial charge in [0.2, 0.25) is 0 Å². The third-order valence-corrected chi connectivity index (χ3v) is 4.84. The Morgan fingerprint density at radius 3 is 2.65 bits per heavy atom. The van der Waals surface area contributed by atoms with E-state index in [1.165, 1.54) is 6.07 Å². The molecule has 0 saturated heterocycles. The molecule has 0 fully saturated rings. The van der Waals surface area contributed by atoms with Gasteiger partial charge >= 0.3 is 0 Å². The lowest BCUT2D eigenvalue weighted by Crippen LogP contribution is -2.07. The maximum absolute atomic E-state index is 13.7. The van der Waals surface area contributed by atoms with E-state index in [4.69, 9.17) is 4.74 Å². The zero-order valence-corrected chi connectivity index (χ0v) is 12.3. The lowest BCUT2D eigenvalue weighted by atomic mass is 10.1. The van der Waals surface area contributed by atoms with Crippen molar-refractivity contribution < 1.29 is 13.3 Å². The molecule has 0 aromatic heterocycles. The molecule has 4 heteroatoms. The summed E-state index contributed by atoms with van der Waals surface area (Å²) in [6.45, 7) is 1.79. The van der Waals surface area contributed by atoms with Crippen molar-refractivity contribution >= 4 is 10.8 Å². The summed E-state index contributed by atoms with van der Waals surface area (Å²) in [5, 5.41) is -0.345. The van der Waals surface area contributed by atoms with Crippen molar-refractivity contribution in [3.8, 4) is 5.75 Å². The highest BCUT2D eigenvalue weighted by molar-refractivity contribution is 7.84. The fraction of sp³-hybridized carbons (Fsp3) is 0.250. The van der Waals surface area contributed by atoms with Gasteiger partial charge in [0.25, 0.3) is 0 Å². The van der Waals surface area contributed by atoms with Crippen molar-refractivity contribution in [1.29, 1.82) is 0 Å². The van der Waals surface area contributed by atoms with Gasteiger partial charge in [-0.25, -0.2) is 4.39 Å². The third kappa shape index (κ3) is 3.45. The third-order valence-electron chi connectivity index (χ3n) is 3.18. The number of methoxy groups -OCH3 is 1. The lowest BCUT2D eigenvalue weighted by molar-refractivity contribution is 0.414. The molecule has 2 aromatic carbocycles. The standard InChI is InChI=1S/C16H17FO2S/c1-12(15-8-3-4-9-16(15)17)20(18)11-13-6-5-7-14(10-13)19-2/h3-10,12H,11H2,1-2H3. The van der Waals surface area contributed by atoms with Crippen LogP contribution in [0.2, 0.25) is 0 Å². The van der Waals surface area contributed by atoms with Crippen molar-refractivity contribution in [3.63, 3.8) is 0 Å². The Bertz CT molecular complexity index is 613. The van der Waals surface area contributed by atoms with Gasteiger partial charge in [-0.15, -0.1) is 0 Å². The molecule has 0 N–H and O–H groups in total. The van der Waals surface area contributed by atoms with Crippen molar-refractivity contribution in [2.75, 3.05) is 7.11 Å². The smallest absolute Gasteiger partial charge is 0.127 e. The van der Waals surface area contributed by atoms with E-state index in [-0.39, 0.29) is 11.1 Å². The molecule has 0 radical (unpaired) electrons. The van der Waals surface area contributed by atoms with Gasteiger partial charge in [0, 0.05) is 22.1 Å². The Labute approximate surface area is 121 Å². The Balaban J connectivity index is 2.13. The van der Waals surface area contributed by atoms with E-state index in [1.807, 2.05) is 24.3 Å². The molecule has 0 aliphatic heterocycles. The Morgan fingerprint density at radius 2 is 1.95 bits per heavy atom. The maximum Gasteiger partial charge on any atom is 0.127 e. The van der Waals surface area contributed by atoms with Crippen LogP contribution in [0.15, 0.2) is 48.5 Å². The van der Waals surface area contributed by atoms with Gasteiger partial charge in [-0.2, -0.15) is 0 Å². The van der Waals surface area contributed by atoms with Crippen LogP contribution in [0.5, 0.6) is 5.75 Å². The highest BCUT2D eigenvalue weighted by Gasteiger charge is 2.17. The molecule has 2 atom stereocenters. The number of ether oxygens (including phenoxy) is 1. The fourth-order valence-corrected chi connectivity index (χ4v) is 3.23. The number of halogens is 1. The van der Waals surface area contributed by atoms with Crippen molar-refractivity contribution in [2.24, 2.45) is 0 Å². The van der Waals surface area contributed by atoms with E-state index >= 15 is 0 Å². The van der Waals surface area contributed by atoms with Gasteiger partial charge in [0.05, 0.1) is 12.4 Å². The number of hydrogen-bond acceptors (Lipinski definition) is 2. The number of rotatable bonds is 5. The SMILES string of the molecule is COc1cccc(CS(=O)C(C)c2ccccc2F)c1. The second-order valence-electron chi connectivity index (χ2n) is 4.54. The first-order valence-corrected chi connectivity index (χ1v) is 7.74. The molecule has 0 aliphatic rings.